The summed E-state index contributed by atoms with van der Waals surface area (Å²) in [7, 11) is -3.63. The SMILES string of the molecule is Cl.N#Cc1ccc(S(=O)(=O)NCC2CCCNC2)c(Cl)c1. The van der Waals surface area contributed by atoms with Gasteiger partial charge < -0.3 is 5.32 Å². The highest BCUT2D eigenvalue weighted by molar-refractivity contribution is 7.89. The number of nitrogens with zero attached hydrogens (tertiary/aromatic N) is 1. The number of rotatable bonds is 4. The second-order valence-electron chi connectivity index (χ2n) is 4.82. The molecule has 116 valence electrons. The van der Waals surface area contributed by atoms with Crippen LogP contribution in [0.4, 0.5) is 0 Å². The zero-order valence-corrected chi connectivity index (χ0v) is 13.7. The first kappa shape index (κ1) is 18.2. The normalized spacial score (nSPS) is 18.6. The lowest BCUT2D eigenvalue weighted by Gasteiger charge is -2.22. The summed E-state index contributed by atoms with van der Waals surface area (Å²) < 4.78 is 27.0. The van der Waals surface area contributed by atoms with E-state index in [-0.39, 0.29) is 22.3 Å². The molecule has 1 atom stereocenters. The number of piperidine rings is 1. The third-order valence-electron chi connectivity index (χ3n) is 3.31. The number of nitriles is 1. The van der Waals surface area contributed by atoms with Crippen molar-refractivity contribution in [2.24, 2.45) is 5.92 Å². The molecule has 1 aliphatic rings. The molecular weight excluding hydrogens is 333 g/mol. The van der Waals surface area contributed by atoms with E-state index in [1.165, 1.54) is 18.2 Å². The molecule has 1 unspecified atom stereocenters. The Balaban J connectivity index is 0.00000220. The highest BCUT2D eigenvalue weighted by Crippen LogP contribution is 2.22. The Morgan fingerprint density at radius 3 is 2.81 bits per heavy atom. The molecule has 0 aromatic heterocycles. The molecule has 1 aromatic carbocycles. The second kappa shape index (κ2) is 7.97. The van der Waals surface area contributed by atoms with Gasteiger partial charge in [-0.1, -0.05) is 11.6 Å². The highest BCUT2D eigenvalue weighted by Gasteiger charge is 2.21. The zero-order chi connectivity index (χ0) is 14.6. The standard InChI is InChI=1S/C13H16ClN3O2S.ClH/c14-12-6-10(7-15)3-4-13(12)20(18,19)17-9-11-2-1-5-16-8-11;/h3-4,6,11,16-17H,1-2,5,8-9H2;1H. The summed E-state index contributed by atoms with van der Waals surface area (Å²) in [6.07, 6.45) is 2.07. The summed E-state index contributed by atoms with van der Waals surface area (Å²) in [4.78, 5) is 0.0157. The van der Waals surface area contributed by atoms with Gasteiger partial charge in [-0.2, -0.15) is 5.26 Å². The van der Waals surface area contributed by atoms with Gasteiger partial charge in [-0.05, 0) is 50.0 Å². The van der Waals surface area contributed by atoms with E-state index in [1.54, 1.807) is 0 Å². The van der Waals surface area contributed by atoms with Crippen molar-refractivity contribution in [2.45, 2.75) is 17.7 Å². The lowest BCUT2D eigenvalue weighted by Crippen LogP contribution is -2.38. The van der Waals surface area contributed by atoms with Gasteiger partial charge in [0.2, 0.25) is 10.0 Å². The van der Waals surface area contributed by atoms with E-state index in [4.69, 9.17) is 16.9 Å². The van der Waals surface area contributed by atoms with Crippen LogP contribution in [-0.2, 0) is 10.0 Å². The lowest BCUT2D eigenvalue weighted by atomic mass is 10.0. The van der Waals surface area contributed by atoms with E-state index in [0.717, 1.165) is 25.9 Å². The molecule has 0 aliphatic carbocycles. The maximum Gasteiger partial charge on any atom is 0.242 e. The monoisotopic (exact) mass is 349 g/mol. The molecule has 0 spiro atoms. The van der Waals surface area contributed by atoms with Crippen LogP contribution >= 0.6 is 24.0 Å². The van der Waals surface area contributed by atoms with E-state index in [9.17, 15) is 8.42 Å². The van der Waals surface area contributed by atoms with Crippen molar-refractivity contribution in [3.63, 3.8) is 0 Å². The maximum absolute atomic E-state index is 12.2. The van der Waals surface area contributed by atoms with Gasteiger partial charge >= 0.3 is 0 Å². The Morgan fingerprint density at radius 2 is 2.24 bits per heavy atom. The largest absolute Gasteiger partial charge is 0.316 e. The molecule has 21 heavy (non-hydrogen) atoms. The topological polar surface area (TPSA) is 82.0 Å². The average Bonchev–Trinajstić information content (AvgIpc) is 2.46. The van der Waals surface area contributed by atoms with Crippen molar-refractivity contribution in [3.05, 3.63) is 28.8 Å². The van der Waals surface area contributed by atoms with Gasteiger partial charge in [0.25, 0.3) is 0 Å². The van der Waals surface area contributed by atoms with Crippen LogP contribution in [0.1, 0.15) is 18.4 Å². The van der Waals surface area contributed by atoms with Crippen molar-refractivity contribution >= 4 is 34.0 Å². The Bertz CT molecular complexity index is 623. The number of hydrogen-bond acceptors (Lipinski definition) is 4. The van der Waals surface area contributed by atoms with Crippen LogP contribution in [0, 0.1) is 17.2 Å². The van der Waals surface area contributed by atoms with E-state index < -0.39 is 10.0 Å². The first-order chi connectivity index (χ1) is 9.53. The fraction of sp³-hybridized carbons (Fsp3) is 0.462. The zero-order valence-electron chi connectivity index (χ0n) is 11.3. The van der Waals surface area contributed by atoms with E-state index in [2.05, 4.69) is 10.0 Å². The molecule has 0 saturated carbocycles. The minimum atomic E-state index is -3.63. The van der Waals surface area contributed by atoms with Gasteiger partial charge in [-0.3, -0.25) is 0 Å². The van der Waals surface area contributed by atoms with E-state index in [1.807, 2.05) is 6.07 Å². The van der Waals surface area contributed by atoms with Crippen molar-refractivity contribution in [1.82, 2.24) is 10.0 Å². The number of sulfonamides is 1. The molecule has 1 heterocycles. The second-order valence-corrected chi connectivity index (χ2v) is 6.96. The Labute approximate surface area is 136 Å². The molecule has 1 saturated heterocycles. The summed E-state index contributed by atoms with van der Waals surface area (Å²) in [5, 5.41) is 12.1. The molecule has 2 N–H and O–H groups in total. The number of nitrogens with one attached hydrogen (secondary N) is 2. The molecular formula is C13H17Cl2N3O2S. The third-order valence-corrected chi connectivity index (χ3v) is 5.22. The van der Waals surface area contributed by atoms with Crippen LogP contribution in [0.25, 0.3) is 0 Å². The minimum absolute atomic E-state index is 0. The van der Waals surface area contributed by atoms with Crippen molar-refractivity contribution in [1.29, 1.82) is 5.26 Å². The molecule has 0 bridgehead atoms. The Hall–Kier alpha value is -0.840. The minimum Gasteiger partial charge on any atom is -0.316 e. The molecule has 1 aromatic rings. The summed E-state index contributed by atoms with van der Waals surface area (Å²) in [6, 6.07) is 6.09. The van der Waals surface area contributed by atoms with Gasteiger partial charge in [0.1, 0.15) is 4.90 Å². The molecule has 8 heteroatoms. The van der Waals surface area contributed by atoms with E-state index >= 15 is 0 Å². The van der Waals surface area contributed by atoms with Crippen molar-refractivity contribution in [3.8, 4) is 6.07 Å². The first-order valence-electron chi connectivity index (χ1n) is 6.43. The van der Waals surface area contributed by atoms with Crippen LogP contribution < -0.4 is 10.0 Å². The van der Waals surface area contributed by atoms with Crippen LogP contribution in [0.15, 0.2) is 23.1 Å². The highest BCUT2D eigenvalue weighted by atomic mass is 35.5. The summed E-state index contributed by atoms with van der Waals surface area (Å²) >= 11 is 5.93. The van der Waals surface area contributed by atoms with Gasteiger partial charge in [0.15, 0.2) is 0 Å². The smallest absolute Gasteiger partial charge is 0.242 e. The maximum atomic E-state index is 12.2. The predicted molar refractivity (Wildman–Crippen MR) is 84.2 cm³/mol. The molecule has 0 radical (unpaired) electrons. The predicted octanol–water partition coefficient (Wildman–Crippen LogP) is 1.91. The first-order valence-corrected chi connectivity index (χ1v) is 8.29. The fourth-order valence-electron chi connectivity index (χ4n) is 2.19. The molecule has 2 rings (SSSR count). The number of halogens is 2. The number of hydrogen-bond donors (Lipinski definition) is 2. The third kappa shape index (κ3) is 4.83. The lowest BCUT2D eigenvalue weighted by molar-refractivity contribution is 0.376. The van der Waals surface area contributed by atoms with Gasteiger partial charge in [0.05, 0.1) is 16.7 Å². The molecule has 1 aliphatic heterocycles. The molecule has 1 fully saturated rings. The number of benzene rings is 1. The van der Waals surface area contributed by atoms with Gasteiger partial charge in [-0.25, -0.2) is 13.1 Å². The summed E-state index contributed by atoms with van der Waals surface area (Å²) in [5.41, 5.74) is 0.338. The molecule has 0 amide bonds. The quantitative estimate of drug-likeness (QED) is 0.869. The van der Waals surface area contributed by atoms with E-state index in [0.29, 0.717) is 18.0 Å². The average molecular weight is 350 g/mol. The van der Waals surface area contributed by atoms with Gasteiger partial charge in [0, 0.05) is 6.54 Å². The summed E-state index contributed by atoms with van der Waals surface area (Å²) in [6.45, 7) is 2.21. The Kier molecular flexibility index (Phi) is 6.91. The summed E-state index contributed by atoms with van der Waals surface area (Å²) in [5.74, 6) is 0.302. The van der Waals surface area contributed by atoms with Crippen LogP contribution in [-0.4, -0.2) is 28.1 Å². The van der Waals surface area contributed by atoms with Crippen LogP contribution in [0.5, 0.6) is 0 Å². The molecule has 5 nitrogen and oxygen atoms in total. The van der Waals surface area contributed by atoms with Crippen molar-refractivity contribution < 1.29 is 8.42 Å². The van der Waals surface area contributed by atoms with Crippen molar-refractivity contribution in [2.75, 3.05) is 19.6 Å². The fourth-order valence-corrected chi connectivity index (χ4v) is 3.85. The Morgan fingerprint density at radius 1 is 1.48 bits per heavy atom. The van der Waals surface area contributed by atoms with Crippen LogP contribution in [0.2, 0.25) is 5.02 Å². The van der Waals surface area contributed by atoms with Crippen LogP contribution in [0.3, 0.4) is 0 Å². The van der Waals surface area contributed by atoms with Gasteiger partial charge in [-0.15, -0.1) is 12.4 Å².